The lowest BCUT2D eigenvalue weighted by molar-refractivity contribution is -0.132. The summed E-state index contributed by atoms with van der Waals surface area (Å²) in [5.41, 5.74) is 0.300. The van der Waals surface area contributed by atoms with E-state index in [1.807, 2.05) is 18.2 Å². The summed E-state index contributed by atoms with van der Waals surface area (Å²) >= 11 is 8.10. The van der Waals surface area contributed by atoms with Gasteiger partial charge in [0, 0.05) is 24.2 Å². The fraction of sp³-hybridized carbons (Fsp3) is 0.188. The largest absolute Gasteiger partial charge is 0.483 e. The molecule has 0 aliphatic rings. The van der Waals surface area contributed by atoms with Crippen molar-refractivity contribution < 1.29 is 13.9 Å². The molecule has 0 fully saturated rings. The van der Waals surface area contributed by atoms with Crippen LogP contribution >= 0.6 is 34.2 Å². The highest BCUT2D eigenvalue weighted by Gasteiger charge is 2.15. The predicted octanol–water partition coefficient (Wildman–Crippen LogP) is 4.12. The number of hydrogen-bond donors (Lipinski definition) is 0. The lowest BCUT2D eigenvalue weighted by Gasteiger charge is -2.19. The first-order chi connectivity index (χ1) is 10.5. The minimum Gasteiger partial charge on any atom is -0.483 e. The highest BCUT2D eigenvalue weighted by Crippen LogP contribution is 2.21. The molecular weight excluding hydrogens is 420 g/mol. The molecule has 2 rings (SSSR count). The molecule has 0 radical (unpaired) electrons. The third-order valence-electron chi connectivity index (χ3n) is 3.07. The SMILES string of the molecule is CN(Cc1c(F)cccc1Cl)C(=O)COc1ccccc1I. The van der Waals surface area contributed by atoms with Gasteiger partial charge >= 0.3 is 0 Å². The Hall–Kier alpha value is -1.34. The number of hydrogen-bond acceptors (Lipinski definition) is 2. The molecule has 0 unspecified atom stereocenters. The maximum Gasteiger partial charge on any atom is 0.260 e. The maximum absolute atomic E-state index is 13.7. The standard InChI is InChI=1S/C16H14ClFINO2/c1-20(9-11-12(17)5-4-6-13(11)18)16(21)10-22-15-8-3-2-7-14(15)19/h2-8H,9-10H2,1H3. The molecule has 0 spiro atoms. The summed E-state index contributed by atoms with van der Waals surface area (Å²) in [5, 5.41) is 0.304. The van der Waals surface area contributed by atoms with E-state index in [-0.39, 0.29) is 19.1 Å². The van der Waals surface area contributed by atoms with Crippen molar-refractivity contribution in [1.82, 2.24) is 4.90 Å². The molecule has 116 valence electrons. The van der Waals surface area contributed by atoms with Crippen LogP contribution in [0.15, 0.2) is 42.5 Å². The van der Waals surface area contributed by atoms with Crippen LogP contribution in [-0.2, 0) is 11.3 Å². The van der Waals surface area contributed by atoms with Crippen molar-refractivity contribution in [1.29, 1.82) is 0 Å². The van der Waals surface area contributed by atoms with Gasteiger partial charge in [-0.25, -0.2) is 4.39 Å². The smallest absolute Gasteiger partial charge is 0.260 e. The zero-order valence-corrected chi connectivity index (χ0v) is 14.8. The van der Waals surface area contributed by atoms with E-state index < -0.39 is 5.82 Å². The van der Waals surface area contributed by atoms with Crippen LogP contribution in [0.4, 0.5) is 4.39 Å². The van der Waals surface area contributed by atoms with Gasteiger partial charge < -0.3 is 9.64 Å². The first-order valence-electron chi connectivity index (χ1n) is 6.53. The molecule has 2 aromatic carbocycles. The van der Waals surface area contributed by atoms with E-state index in [2.05, 4.69) is 22.6 Å². The number of para-hydroxylation sites is 1. The number of halogens is 3. The number of likely N-dealkylation sites (N-methyl/N-ethyl adjacent to an activating group) is 1. The zero-order chi connectivity index (χ0) is 16.1. The number of carbonyl (C=O) groups excluding carboxylic acids is 1. The van der Waals surface area contributed by atoms with Gasteiger partial charge in [0.2, 0.25) is 0 Å². The predicted molar refractivity (Wildman–Crippen MR) is 92.5 cm³/mol. The Labute approximate surface area is 147 Å². The van der Waals surface area contributed by atoms with Gasteiger partial charge in [-0.15, -0.1) is 0 Å². The summed E-state index contributed by atoms with van der Waals surface area (Å²) in [4.78, 5) is 13.5. The molecule has 6 heteroatoms. The first kappa shape index (κ1) is 17.0. The number of rotatable bonds is 5. The van der Waals surface area contributed by atoms with E-state index in [1.165, 1.54) is 17.0 Å². The second-order valence-corrected chi connectivity index (χ2v) is 6.24. The second-order valence-electron chi connectivity index (χ2n) is 4.67. The normalized spacial score (nSPS) is 10.4. The number of amides is 1. The van der Waals surface area contributed by atoms with Gasteiger partial charge in [-0.3, -0.25) is 4.79 Å². The molecule has 0 aliphatic heterocycles. The molecule has 0 aromatic heterocycles. The molecule has 1 amide bonds. The molecule has 0 atom stereocenters. The van der Waals surface area contributed by atoms with Crippen LogP contribution in [0.25, 0.3) is 0 Å². The molecule has 0 bridgehead atoms. The van der Waals surface area contributed by atoms with Gasteiger partial charge in [-0.05, 0) is 46.9 Å². The van der Waals surface area contributed by atoms with Crippen molar-refractivity contribution in [2.45, 2.75) is 6.54 Å². The zero-order valence-electron chi connectivity index (χ0n) is 11.9. The topological polar surface area (TPSA) is 29.5 Å². The molecular formula is C16H14ClFINO2. The van der Waals surface area contributed by atoms with Crippen molar-refractivity contribution in [3.8, 4) is 5.75 Å². The van der Waals surface area contributed by atoms with Crippen molar-refractivity contribution >= 4 is 40.1 Å². The quantitative estimate of drug-likeness (QED) is 0.664. The van der Waals surface area contributed by atoms with E-state index in [1.54, 1.807) is 19.2 Å². The Morgan fingerprint density at radius 3 is 2.68 bits per heavy atom. The molecule has 0 aliphatic carbocycles. The minimum absolute atomic E-state index is 0.0968. The average molecular weight is 434 g/mol. The first-order valence-corrected chi connectivity index (χ1v) is 7.99. The van der Waals surface area contributed by atoms with Crippen LogP contribution < -0.4 is 4.74 Å². The molecule has 0 N–H and O–H groups in total. The van der Waals surface area contributed by atoms with Gasteiger partial charge in [0.25, 0.3) is 5.91 Å². The lowest BCUT2D eigenvalue weighted by atomic mass is 10.2. The second kappa shape index (κ2) is 7.78. The molecule has 0 heterocycles. The number of nitrogens with zero attached hydrogens (tertiary/aromatic N) is 1. The van der Waals surface area contributed by atoms with Gasteiger partial charge in [0.05, 0.1) is 3.57 Å². The molecule has 3 nitrogen and oxygen atoms in total. The Kier molecular flexibility index (Phi) is 6.02. The van der Waals surface area contributed by atoms with E-state index in [0.29, 0.717) is 16.3 Å². The molecule has 0 saturated heterocycles. The van der Waals surface area contributed by atoms with Gasteiger partial charge in [-0.2, -0.15) is 0 Å². The Morgan fingerprint density at radius 2 is 2.00 bits per heavy atom. The van der Waals surface area contributed by atoms with E-state index >= 15 is 0 Å². The monoisotopic (exact) mass is 433 g/mol. The highest BCUT2D eigenvalue weighted by atomic mass is 127. The van der Waals surface area contributed by atoms with Crippen LogP contribution in [0.2, 0.25) is 5.02 Å². The summed E-state index contributed by atoms with van der Waals surface area (Å²) in [6.45, 7) is -0.0117. The van der Waals surface area contributed by atoms with Crippen LogP contribution in [0.5, 0.6) is 5.75 Å². The van der Waals surface area contributed by atoms with Crippen LogP contribution in [0.3, 0.4) is 0 Å². The fourth-order valence-electron chi connectivity index (χ4n) is 1.82. The van der Waals surface area contributed by atoms with Crippen molar-refractivity contribution in [3.63, 3.8) is 0 Å². The van der Waals surface area contributed by atoms with Gasteiger partial charge in [0.1, 0.15) is 11.6 Å². The molecule has 2 aromatic rings. The summed E-state index contributed by atoms with van der Waals surface area (Å²) < 4.78 is 20.1. The average Bonchev–Trinajstić information content (AvgIpc) is 2.49. The molecule has 22 heavy (non-hydrogen) atoms. The maximum atomic E-state index is 13.7. The number of carbonyl (C=O) groups is 1. The van der Waals surface area contributed by atoms with Crippen LogP contribution in [0.1, 0.15) is 5.56 Å². The van der Waals surface area contributed by atoms with E-state index in [9.17, 15) is 9.18 Å². The summed E-state index contributed by atoms with van der Waals surface area (Å²) in [6, 6.07) is 11.9. The third kappa shape index (κ3) is 4.33. The highest BCUT2D eigenvalue weighted by molar-refractivity contribution is 14.1. The van der Waals surface area contributed by atoms with Crippen LogP contribution in [-0.4, -0.2) is 24.5 Å². The van der Waals surface area contributed by atoms with Crippen molar-refractivity contribution in [3.05, 3.63) is 62.4 Å². The van der Waals surface area contributed by atoms with Crippen LogP contribution in [0, 0.1) is 9.39 Å². The summed E-state index contributed by atoms with van der Waals surface area (Å²) in [6.07, 6.45) is 0. The van der Waals surface area contributed by atoms with E-state index in [0.717, 1.165) is 3.57 Å². The minimum atomic E-state index is -0.425. The van der Waals surface area contributed by atoms with Crippen molar-refractivity contribution in [2.75, 3.05) is 13.7 Å². The number of ether oxygens (including phenoxy) is 1. The summed E-state index contributed by atoms with van der Waals surface area (Å²) in [5.74, 6) is -0.0292. The van der Waals surface area contributed by atoms with Crippen molar-refractivity contribution in [2.24, 2.45) is 0 Å². The Morgan fingerprint density at radius 1 is 1.27 bits per heavy atom. The fourth-order valence-corrected chi connectivity index (χ4v) is 2.59. The van der Waals surface area contributed by atoms with Gasteiger partial charge in [0.15, 0.2) is 6.61 Å². The Balaban J connectivity index is 1.97. The lowest BCUT2D eigenvalue weighted by Crippen LogP contribution is -2.31. The Bertz CT molecular complexity index is 661. The number of benzene rings is 2. The third-order valence-corrected chi connectivity index (χ3v) is 4.32. The molecule has 0 saturated carbocycles. The summed E-state index contributed by atoms with van der Waals surface area (Å²) in [7, 11) is 1.59. The van der Waals surface area contributed by atoms with E-state index in [4.69, 9.17) is 16.3 Å². The van der Waals surface area contributed by atoms with Gasteiger partial charge in [-0.1, -0.05) is 29.8 Å².